The number of rotatable bonds is 4. The predicted molar refractivity (Wildman–Crippen MR) is 112 cm³/mol. The van der Waals surface area contributed by atoms with Crippen molar-refractivity contribution in [2.45, 2.75) is 31.7 Å². The predicted octanol–water partition coefficient (Wildman–Crippen LogP) is 5.64. The van der Waals surface area contributed by atoms with E-state index in [-0.39, 0.29) is 17.9 Å². The van der Waals surface area contributed by atoms with Crippen LogP contribution in [0.3, 0.4) is 0 Å². The molecule has 2 N–H and O–H groups in total. The normalized spacial score (nSPS) is 16.9. The van der Waals surface area contributed by atoms with Crippen LogP contribution in [0.1, 0.15) is 42.1 Å². The number of carbonyl (C=O) groups excluding carboxylic acids is 1. The second kappa shape index (κ2) is 7.71. The van der Waals surface area contributed by atoms with Gasteiger partial charge in [0, 0.05) is 21.8 Å². The smallest absolute Gasteiger partial charge is 0.231 e. The van der Waals surface area contributed by atoms with Crippen LogP contribution in [0.15, 0.2) is 53.4 Å². The summed E-state index contributed by atoms with van der Waals surface area (Å²) in [6.07, 6.45) is 1.95. The summed E-state index contributed by atoms with van der Waals surface area (Å²) in [6, 6.07) is 13.7. The van der Waals surface area contributed by atoms with Gasteiger partial charge in [-0.25, -0.2) is 4.98 Å². The van der Waals surface area contributed by atoms with Crippen molar-refractivity contribution in [1.82, 2.24) is 4.98 Å². The van der Waals surface area contributed by atoms with Gasteiger partial charge in [0.15, 0.2) is 0 Å². The van der Waals surface area contributed by atoms with Crippen LogP contribution in [0.2, 0.25) is 5.02 Å². The SMILES string of the molecule is C[C@H](C(=O)Nc1ccc2c(c1)CCC(c1cscn1)N2)c1ccc(Cl)cc1. The molecule has 1 aliphatic rings. The molecule has 3 aromatic rings. The van der Waals surface area contributed by atoms with Crippen LogP contribution in [0.5, 0.6) is 0 Å². The number of carbonyl (C=O) groups is 1. The van der Waals surface area contributed by atoms with Crippen LogP contribution in [0.4, 0.5) is 11.4 Å². The molecule has 1 aromatic heterocycles. The van der Waals surface area contributed by atoms with Crippen molar-refractivity contribution in [2.24, 2.45) is 0 Å². The minimum absolute atomic E-state index is 0.0265. The van der Waals surface area contributed by atoms with Crippen LogP contribution in [0.25, 0.3) is 0 Å². The molecule has 6 heteroatoms. The molecule has 0 saturated heterocycles. The fourth-order valence-corrected chi connectivity index (χ4v) is 4.08. The van der Waals surface area contributed by atoms with E-state index in [2.05, 4.69) is 27.1 Å². The fraction of sp³-hybridized carbons (Fsp3) is 0.238. The number of hydrogen-bond donors (Lipinski definition) is 2. The summed E-state index contributed by atoms with van der Waals surface area (Å²) in [5.41, 5.74) is 7.07. The Labute approximate surface area is 167 Å². The maximum absolute atomic E-state index is 12.6. The number of hydrogen-bond acceptors (Lipinski definition) is 4. The Morgan fingerprint density at radius 2 is 2.11 bits per heavy atom. The van der Waals surface area contributed by atoms with Crippen molar-refractivity contribution in [2.75, 3.05) is 10.6 Å². The summed E-state index contributed by atoms with van der Waals surface area (Å²) < 4.78 is 0. The van der Waals surface area contributed by atoms with Gasteiger partial charge >= 0.3 is 0 Å². The quantitative estimate of drug-likeness (QED) is 0.599. The van der Waals surface area contributed by atoms with E-state index >= 15 is 0 Å². The molecule has 4 nitrogen and oxygen atoms in total. The highest BCUT2D eigenvalue weighted by Crippen LogP contribution is 2.34. The minimum Gasteiger partial charge on any atom is -0.376 e. The van der Waals surface area contributed by atoms with Crippen LogP contribution < -0.4 is 10.6 Å². The molecule has 0 bridgehead atoms. The van der Waals surface area contributed by atoms with Crippen molar-refractivity contribution >= 4 is 40.2 Å². The van der Waals surface area contributed by atoms with E-state index in [4.69, 9.17) is 11.6 Å². The molecule has 1 unspecified atom stereocenters. The fourth-order valence-electron chi connectivity index (χ4n) is 3.35. The van der Waals surface area contributed by atoms with Gasteiger partial charge < -0.3 is 10.6 Å². The number of thiazole rings is 1. The summed E-state index contributed by atoms with van der Waals surface area (Å²) in [5, 5.41) is 9.35. The molecule has 2 heterocycles. The molecule has 0 saturated carbocycles. The summed E-state index contributed by atoms with van der Waals surface area (Å²) in [5.74, 6) is -0.271. The average molecular weight is 398 g/mol. The van der Waals surface area contributed by atoms with Crippen LogP contribution in [-0.2, 0) is 11.2 Å². The number of aromatic nitrogens is 1. The molecular weight excluding hydrogens is 378 g/mol. The van der Waals surface area contributed by atoms with E-state index in [1.54, 1.807) is 11.3 Å². The molecule has 138 valence electrons. The number of halogens is 1. The Morgan fingerprint density at radius 3 is 2.85 bits per heavy atom. The minimum atomic E-state index is -0.245. The summed E-state index contributed by atoms with van der Waals surface area (Å²) in [6.45, 7) is 1.90. The van der Waals surface area contributed by atoms with Crippen molar-refractivity contribution < 1.29 is 4.79 Å². The van der Waals surface area contributed by atoms with Gasteiger partial charge in [0.05, 0.1) is 23.2 Å². The molecule has 0 spiro atoms. The molecular formula is C21H20ClN3OS. The molecule has 2 aromatic carbocycles. The molecule has 0 radical (unpaired) electrons. The highest BCUT2D eigenvalue weighted by atomic mass is 35.5. The first-order valence-corrected chi connectivity index (χ1v) is 10.3. The van der Waals surface area contributed by atoms with Crippen molar-refractivity contribution in [3.05, 3.63) is 75.2 Å². The lowest BCUT2D eigenvalue weighted by Gasteiger charge is -2.26. The van der Waals surface area contributed by atoms with Crippen LogP contribution in [0, 0.1) is 0 Å². The van der Waals surface area contributed by atoms with E-state index in [9.17, 15) is 4.79 Å². The Balaban J connectivity index is 1.45. The van der Waals surface area contributed by atoms with Crippen molar-refractivity contribution in [3.63, 3.8) is 0 Å². The molecule has 0 aliphatic carbocycles. The zero-order valence-corrected chi connectivity index (χ0v) is 16.5. The van der Waals surface area contributed by atoms with Crippen molar-refractivity contribution in [1.29, 1.82) is 0 Å². The molecule has 2 atom stereocenters. The van der Waals surface area contributed by atoms with Gasteiger partial charge in [0.25, 0.3) is 0 Å². The Bertz CT molecular complexity index is 941. The van der Waals surface area contributed by atoms with Crippen LogP contribution >= 0.6 is 22.9 Å². The number of fused-ring (bicyclic) bond motifs is 1. The van der Waals surface area contributed by atoms with Gasteiger partial charge in [-0.05, 0) is 61.2 Å². The van der Waals surface area contributed by atoms with Gasteiger partial charge in [-0.2, -0.15) is 0 Å². The second-order valence-corrected chi connectivity index (χ2v) is 7.94. The maximum atomic E-state index is 12.6. The topological polar surface area (TPSA) is 54.0 Å². The summed E-state index contributed by atoms with van der Waals surface area (Å²) in [7, 11) is 0. The summed E-state index contributed by atoms with van der Waals surface area (Å²) >= 11 is 7.55. The van der Waals surface area contributed by atoms with E-state index in [0.29, 0.717) is 5.02 Å². The van der Waals surface area contributed by atoms with Gasteiger partial charge in [0.2, 0.25) is 5.91 Å². The molecule has 1 aliphatic heterocycles. The third-order valence-corrected chi connectivity index (χ3v) is 5.83. The first kappa shape index (κ1) is 18.0. The summed E-state index contributed by atoms with van der Waals surface area (Å²) in [4.78, 5) is 17.0. The van der Waals surface area contributed by atoms with E-state index < -0.39 is 0 Å². The first-order valence-electron chi connectivity index (χ1n) is 8.94. The third-order valence-electron chi connectivity index (χ3n) is 4.98. The maximum Gasteiger partial charge on any atom is 0.231 e. The zero-order valence-electron chi connectivity index (χ0n) is 14.9. The first-order chi connectivity index (χ1) is 13.1. The second-order valence-electron chi connectivity index (χ2n) is 6.78. The average Bonchev–Trinajstić information content (AvgIpc) is 3.22. The van der Waals surface area contributed by atoms with E-state index in [1.165, 1.54) is 5.56 Å². The zero-order chi connectivity index (χ0) is 18.8. The van der Waals surface area contributed by atoms with E-state index in [1.807, 2.05) is 48.8 Å². The van der Waals surface area contributed by atoms with Gasteiger partial charge in [-0.3, -0.25) is 4.79 Å². The van der Waals surface area contributed by atoms with Gasteiger partial charge in [-0.1, -0.05) is 23.7 Å². The highest BCUT2D eigenvalue weighted by Gasteiger charge is 2.21. The number of amides is 1. The Hall–Kier alpha value is -2.37. The van der Waals surface area contributed by atoms with Crippen LogP contribution in [-0.4, -0.2) is 10.9 Å². The number of nitrogens with zero attached hydrogens (tertiary/aromatic N) is 1. The lowest BCUT2D eigenvalue weighted by molar-refractivity contribution is -0.117. The van der Waals surface area contributed by atoms with E-state index in [0.717, 1.165) is 35.5 Å². The highest BCUT2D eigenvalue weighted by molar-refractivity contribution is 7.07. The van der Waals surface area contributed by atoms with Gasteiger partial charge in [0.1, 0.15) is 0 Å². The molecule has 1 amide bonds. The number of aryl methyl sites for hydroxylation is 1. The standard InChI is InChI=1S/C21H20ClN3OS/c1-13(14-2-5-16(22)6-3-14)21(26)24-17-7-9-18-15(10-17)4-8-19(25-18)20-11-27-12-23-20/h2-3,5-7,9-13,19,25H,4,8H2,1H3,(H,24,26)/t13-,19?/m0/s1. The number of nitrogens with one attached hydrogen (secondary N) is 2. The number of anilines is 2. The Kier molecular flexibility index (Phi) is 5.14. The lowest BCUT2D eigenvalue weighted by Crippen LogP contribution is -2.20. The van der Waals surface area contributed by atoms with Crippen molar-refractivity contribution in [3.8, 4) is 0 Å². The monoisotopic (exact) mass is 397 g/mol. The number of benzene rings is 2. The molecule has 27 heavy (non-hydrogen) atoms. The Morgan fingerprint density at radius 1 is 1.30 bits per heavy atom. The largest absolute Gasteiger partial charge is 0.376 e. The van der Waals surface area contributed by atoms with Gasteiger partial charge in [-0.15, -0.1) is 11.3 Å². The molecule has 0 fully saturated rings. The third kappa shape index (κ3) is 3.99. The molecule has 4 rings (SSSR count). The lowest BCUT2D eigenvalue weighted by atomic mass is 9.96.